The van der Waals surface area contributed by atoms with E-state index in [9.17, 15) is 24.6 Å². The molecule has 0 spiro atoms. The van der Waals surface area contributed by atoms with Gasteiger partial charge in [-0.25, -0.2) is 4.57 Å². The Kier molecular flexibility index (Phi) is 4.83. The van der Waals surface area contributed by atoms with E-state index < -0.39 is 7.82 Å². The van der Waals surface area contributed by atoms with Crippen LogP contribution in [0.15, 0.2) is 66.7 Å². The summed E-state index contributed by atoms with van der Waals surface area (Å²) in [5, 5.41) is 27.0. The number of phenolic OH excluding ortho intramolecular Hbond substituents is 2. The van der Waals surface area contributed by atoms with Gasteiger partial charge in [0.25, 0.3) is 0 Å². The highest BCUT2D eigenvalue weighted by atomic mass is 31.2. The van der Waals surface area contributed by atoms with Crippen molar-refractivity contribution in [2.24, 2.45) is 0 Å². The Balaban J connectivity index is 2.24. The number of aryl methyl sites for hydroxylation is 2. The summed E-state index contributed by atoms with van der Waals surface area (Å²) in [6.07, 6.45) is 0. The van der Waals surface area contributed by atoms with Gasteiger partial charge in [-0.05, 0) is 76.2 Å². The Morgan fingerprint density at radius 3 is 1.76 bits per heavy atom. The van der Waals surface area contributed by atoms with Crippen LogP contribution >= 0.6 is 7.82 Å². The second kappa shape index (κ2) is 7.49. The second-order valence-corrected chi connectivity index (χ2v) is 9.29. The van der Waals surface area contributed by atoms with E-state index in [4.69, 9.17) is 4.52 Å². The van der Waals surface area contributed by atoms with E-state index in [1.165, 1.54) is 0 Å². The fraction of sp³-hybridized carbons (Fsp3) is 0.0769. The Hall–Kier alpha value is -3.57. The molecule has 33 heavy (non-hydrogen) atoms. The van der Waals surface area contributed by atoms with E-state index in [0.29, 0.717) is 32.5 Å². The second-order valence-electron chi connectivity index (χ2n) is 8.13. The van der Waals surface area contributed by atoms with Crippen molar-refractivity contribution >= 4 is 50.9 Å². The molecule has 6 nitrogen and oxygen atoms in total. The molecular weight excluding hydrogens is 439 g/mol. The summed E-state index contributed by atoms with van der Waals surface area (Å²) < 4.78 is 17.0. The molecule has 0 unspecified atom stereocenters. The third-order valence-corrected chi connectivity index (χ3v) is 6.45. The zero-order valence-corrected chi connectivity index (χ0v) is 18.8. The van der Waals surface area contributed by atoms with E-state index in [1.807, 2.05) is 44.2 Å². The normalized spacial score (nSPS) is 12.0. The SMILES string of the molecule is Cc1cc(OP(=O)(O)O)c2c(C)c1c1cccc(O)c1c1cccc(c1)c1c(O)cccc21. The lowest BCUT2D eigenvalue weighted by molar-refractivity contribution is 0.284. The van der Waals surface area contributed by atoms with Crippen molar-refractivity contribution in [2.75, 3.05) is 0 Å². The highest BCUT2D eigenvalue weighted by molar-refractivity contribution is 7.46. The summed E-state index contributed by atoms with van der Waals surface area (Å²) >= 11 is 0. The molecule has 0 saturated carbocycles. The predicted octanol–water partition coefficient (Wildman–Crippen LogP) is 6.36. The zero-order chi connectivity index (χ0) is 23.5. The lowest BCUT2D eigenvalue weighted by atomic mass is 9.92. The van der Waals surface area contributed by atoms with Crippen LogP contribution in [0.2, 0.25) is 0 Å². The van der Waals surface area contributed by atoms with E-state index in [0.717, 1.165) is 21.7 Å². The summed E-state index contributed by atoms with van der Waals surface area (Å²) in [5.74, 6) is 0.150. The van der Waals surface area contributed by atoms with Crippen LogP contribution in [-0.2, 0) is 4.57 Å². The predicted molar refractivity (Wildman–Crippen MR) is 131 cm³/mol. The van der Waals surface area contributed by atoms with Gasteiger partial charge in [-0.2, -0.15) is 0 Å². The molecule has 0 fully saturated rings. The summed E-state index contributed by atoms with van der Waals surface area (Å²) in [5.41, 5.74) is 1.44. The first-order valence-corrected chi connectivity index (χ1v) is 11.8. The summed E-state index contributed by atoms with van der Waals surface area (Å²) in [4.78, 5) is 19.2. The van der Waals surface area contributed by atoms with E-state index in [-0.39, 0.29) is 17.2 Å². The van der Waals surface area contributed by atoms with Gasteiger partial charge in [0, 0.05) is 16.2 Å². The Morgan fingerprint density at radius 2 is 1.21 bits per heavy atom. The molecule has 4 N–H and O–H groups in total. The van der Waals surface area contributed by atoms with Crippen molar-refractivity contribution < 1.29 is 29.1 Å². The number of aromatic hydroxyl groups is 2. The molecule has 0 aliphatic rings. The van der Waals surface area contributed by atoms with Gasteiger partial charge in [0.15, 0.2) is 0 Å². The van der Waals surface area contributed by atoms with Gasteiger partial charge in [0.05, 0.1) is 0 Å². The highest BCUT2D eigenvalue weighted by Crippen LogP contribution is 2.46. The van der Waals surface area contributed by atoms with Gasteiger partial charge in [-0.15, -0.1) is 0 Å². The van der Waals surface area contributed by atoms with E-state index in [1.54, 1.807) is 36.4 Å². The lowest BCUT2D eigenvalue weighted by Crippen LogP contribution is -1.95. The number of rotatable bonds is 2. The molecule has 4 bridgehead atoms. The van der Waals surface area contributed by atoms with Gasteiger partial charge in [0.2, 0.25) is 0 Å². The molecule has 0 heterocycles. The Bertz CT molecular complexity index is 1680. The molecule has 7 heteroatoms. The third kappa shape index (κ3) is 3.49. The Labute approximate surface area is 189 Å². The van der Waals surface area contributed by atoms with Crippen LogP contribution in [0.4, 0.5) is 0 Å². The Morgan fingerprint density at radius 1 is 0.697 bits per heavy atom. The largest absolute Gasteiger partial charge is 0.524 e. The number of hydrogen-bond donors (Lipinski definition) is 4. The minimum Gasteiger partial charge on any atom is -0.507 e. The summed E-state index contributed by atoms with van der Waals surface area (Å²) in [6, 6.07) is 19.4. The maximum atomic E-state index is 11.8. The van der Waals surface area contributed by atoms with Crippen LogP contribution in [-0.4, -0.2) is 20.0 Å². The zero-order valence-electron chi connectivity index (χ0n) is 17.9. The number of benzene rings is 4. The van der Waals surface area contributed by atoms with Crippen molar-refractivity contribution in [3.05, 3.63) is 77.9 Å². The van der Waals surface area contributed by atoms with E-state index >= 15 is 0 Å². The smallest absolute Gasteiger partial charge is 0.507 e. The first-order chi connectivity index (χ1) is 15.7. The van der Waals surface area contributed by atoms with Crippen LogP contribution in [0.25, 0.3) is 43.1 Å². The van der Waals surface area contributed by atoms with Gasteiger partial charge < -0.3 is 14.7 Å². The maximum Gasteiger partial charge on any atom is 0.524 e. The van der Waals surface area contributed by atoms with Crippen LogP contribution < -0.4 is 4.52 Å². The average molecular weight is 460 g/mol. The number of phenols is 2. The molecule has 0 amide bonds. The van der Waals surface area contributed by atoms with Crippen molar-refractivity contribution in [1.82, 2.24) is 0 Å². The van der Waals surface area contributed by atoms with Gasteiger partial charge in [-0.3, -0.25) is 9.79 Å². The molecule has 166 valence electrons. The van der Waals surface area contributed by atoms with Crippen molar-refractivity contribution in [1.29, 1.82) is 0 Å². The molecule has 0 saturated heterocycles. The van der Waals surface area contributed by atoms with Crippen LogP contribution in [0.3, 0.4) is 0 Å². The molecule has 0 aromatic heterocycles. The number of hydrogen-bond acceptors (Lipinski definition) is 4. The molecule has 0 aliphatic carbocycles. The highest BCUT2D eigenvalue weighted by Gasteiger charge is 2.21. The van der Waals surface area contributed by atoms with Gasteiger partial charge >= 0.3 is 7.82 Å². The minimum absolute atomic E-state index is 0.0198. The first-order valence-electron chi connectivity index (χ1n) is 10.3. The van der Waals surface area contributed by atoms with Gasteiger partial charge in [-0.1, -0.05) is 42.5 Å². The molecular formula is C26H21O6P. The third-order valence-electron chi connectivity index (χ3n) is 6.02. The summed E-state index contributed by atoms with van der Waals surface area (Å²) in [6.45, 7) is 3.68. The fourth-order valence-corrected chi connectivity index (χ4v) is 5.23. The molecule has 5 aromatic carbocycles. The first kappa shape index (κ1) is 21.3. The quantitative estimate of drug-likeness (QED) is 0.228. The molecule has 0 atom stereocenters. The molecule has 5 aromatic rings. The number of phosphoric ester groups is 1. The maximum absolute atomic E-state index is 11.8. The van der Waals surface area contributed by atoms with Gasteiger partial charge in [0.1, 0.15) is 17.2 Å². The molecule has 0 radical (unpaired) electrons. The van der Waals surface area contributed by atoms with Crippen molar-refractivity contribution in [2.45, 2.75) is 13.8 Å². The fourth-order valence-electron chi connectivity index (χ4n) is 4.83. The topological polar surface area (TPSA) is 107 Å². The van der Waals surface area contributed by atoms with Crippen LogP contribution in [0.5, 0.6) is 17.2 Å². The van der Waals surface area contributed by atoms with Crippen LogP contribution in [0.1, 0.15) is 11.1 Å². The van der Waals surface area contributed by atoms with Crippen molar-refractivity contribution in [3.8, 4) is 17.2 Å². The van der Waals surface area contributed by atoms with Crippen LogP contribution in [0, 0.1) is 13.8 Å². The molecule has 0 aliphatic heterocycles. The number of phosphoric acid groups is 1. The standard InChI is InChI=1S/C26H21O6P/c1-14-12-22(32-33(29,30)31)24-15(2)23(14)18-8-4-10-20(27)25(18)16-6-3-7-17(13-16)26-19(24)9-5-11-21(26)28/h3-13,27-28H,1-2H3,(H2,29,30,31). The van der Waals surface area contributed by atoms with E-state index in [2.05, 4.69) is 0 Å². The molecule has 5 rings (SSSR count). The number of fused-ring (bicyclic) bond motifs is 10. The average Bonchev–Trinajstić information content (AvgIpc) is 2.72. The monoisotopic (exact) mass is 460 g/mol. The lowest BCUT2D eigenvalue weighted by Gasteiger charge is -2.17. The summed E-state index contributed by atoms with van der Waals surface area (Å²) in [7, 11) is -4.86. The van der Waals surface area contributed by atoms with Crippen molar-refractivity contribution in [3.63, 3.8) is 0 Å². The minimum atomic E-state index is -4.86.